The monoisotopic (exact) mass is 280 g/mol. The standard InChI is InChI=1S/C17H16N2O2/c1-19(2)13-6-3-11(4-7-13)9-16-14-8-5-12(18)10-15(14)17(20)21-16/h3-10H,18H2,1-2H3/b16-9+. The molecule has 1 heterocycles. The quantitative estimate of drug-likeness (QED) is 0.678. The third-order valence-electron chi connectivity index (χ3n) is 3.44. The number of cyclic esters (lactones) is 1. The molecule has 1 aliphatic rings. The first-order valence-electron chi connectivity index (χ1n) is 6.66. The van der Waals surface area contributed by atoms with Gasteiger partial charge in [-0.1, -0.05) is 12.1 Å². The van der Waals surface area contributed by atoms with Crippen LogP contribution in [0.15, 0.2) is 42.5 Å². The molecular weight excluding hydrogens is 264 g/mol. The third kappa shape index (κ3) is 2.48. The molecule has 2 aromatic carbocycles. The average molecular weight is 280 g/mol. The molecule has 21 heavy (non-hydrogen) atoms. The second-order valence-electron chi connectivity index (χ2n) is 5.19. The molecule has 0 bridgehead atoms. The molecule has 0 aliphatic carbocycles. The Balaban J connectivity index is 1.97. The maximum absolute atomic E-state index is 11.8. The fourth-order valence-corrected chi connectivity index (χ4v) is 2.28. The predicted molar refractivity (Wildman–Crippen MR) is 84.9 cm³/mol. The zero-order valence-electron chi connectivity index (χ0n) is 12.0. The van der Waals surface area contributed by atoms with Gasteiger partial charge >= 0.3 is 5.97 Å². The van der Waals surface area contributed by atoms with Gasteiger partial charge in [-0.25, -0.2) is 4.79 Å². The minimum Gasteiger partial charge on any atom is -0.422 e. The van der Waals surface area contributed by atoms with E-state index >= 15 is 0 Å². The number of esters is 1. The molecule has 0 spiro atoms. The largest absolute Gasteiger partial charge is 0.422 e. The number of hydrogen-bond acceptors (Lipinski definition) is 4. The zero-order valence-corrected chi connectivity index (χ0v) is 12.0. The van der Waals surface area contributed by atoms with Crippen LogP contribution in [0.4, 0.5) is 11.4 Å². The van der Waals surface area contributed by atoms with Crippen LogP contribution in [-0.4, -0.2) is 20.1 Å². The van der Waals surface area contributed by atoms with E-state index in [0.717, 1.165) is 16.8 Å². The van der Waals surface area contributed by atoms with Crippen molar-refractivity contribution in [2.45, 2.75) is 0 Å². The molecule has 0 amide bonds. The average Bonchev–Trinajstić information content (AvgIpc) is 2.75. The van der Waals surface area contributed by atoms with Crippen LogP contribution in [0.2, 0.25) is 0 Å². The Bertz CT molecular complexity index is 731. The van der Waals surface area contributed by atoms with Gasteiger partial charge in [-0.2, -0.15) is 0 Å². The summed E-state index contributed by atoms with van der Waals surface area (Å²) in [6.45, 7) is 0. The lowest BCUT2D eigenvalue weighted by Gasteiger charge is -2.11. The number of hydrogen-bond donors (Lipinski definition) is 1. The number of carbonyl (C=O) groups is 1. The Kier molecular flexibility index (Phi) is 3.14. The molecule has 0 radical (unpaired) electrons. The normalized spacial score (nSPS) is 15.0. The van der Waals surface area contributed by atoms with Gasteiger partial charge in [0, 0.05) is 31.0 Å². The number of benzene rings is 2. The molecule has 3 rings (SSSR count). The summed E-state index contributed by atoms with van der Waals surface area (Å²) < 4.78 is 5.32. The van der Waals surface area contributed by atoms with E-state index in [-0.39, 0.29) is 5.97 Å². The van der Waals surface area contributed by atoms with E-state index < -0.39 is 0 Å². The number of nitrogen functional groups attached to an aromatic ring is 1. The fraction of sp³-hybridized carbons (Fsp3) is 0.118. The highest BCUT2D eigenvalue weighted by Gasteiger charge is 2.26. The van der Waals surface area contributed by atoms with E-state index in [9.17, 15) is 4.79 Å². The summed E-state index contributed by atoms with van der Waals surface area (Å²) >= 11 is 0. The highest BCUT2D eigenvalue weighted by Crippen LogP contribution is 2.32. The molecule has 4 heteroatoms. The van der Waals surface area contributed by atoms with Crippen LogP contribution in [-0.2, 0) is 4.74 Å². The number of carbonyl (C=O) groups excluding carboxylic acids is 1. The van der Waals surface area contributed by atoms with Gasteiger partial charge in [0.05, 0.1) is 5.56 Å². The lowest BCUT2D eigenvalue weighted by atomic mass is 10.1. The second kappa shape index (κ2) is 4.98. The van der Waals surface area contributed by atoms with Crippen molar-refractivity contribution in [1.82, 2.24) is 0 Å². The maximum atomic E-state index is 11.8. The van der Waals surface area contributed by atoms with Crippen molar-refractivity contribution in [3.8, 4) is 0 Å². The van der Waals surface area contributed by atoms with Crippen molar-refractivity contribution in [2.75, 3.05) is 24.7 Å². The number of rotatable bonds is 2. The van der Waals surface area contributed by atoms with Crippen molar-refractivity contribution in [2.24, 2.45) is 0 Å². The minimum absolute atomic E-state index is 0.353. The molecule has 0 atom stereocenters. The van der Waals surface area contributed by atoms with E-state index in [4.69, 9.17) is 10.5 Å². The molecule has 0 fully saturated rings. The molecule has 0 unspecified atom stereocenters. The first-order chi connectivity index (χ1) is 10.0. The molecular formula is C17H16N2O2. The van der Waals surface area contributed by atoms with Gasteiger partial charge < -0.3 is 15.4 Å². The van der Waals surface area contributed by atoms with Crippen molar-refractivity contribution < 1.29 is 9.53 Å². The summed E-state index contributed by atoms with van der Waals surface area (Å²) in [6.07, 6.45) is 1.86. The van der Waals surface area contributed by atoms with Crippen LogP contribution in [0.5, 0.6) is 0 Å². The highest BCUT2D eigenvalue weighted by atomic mass is 16.5. The number of nitrogens with two attached hydrogens (primary N) is 1. The van der Waals surface area contributed by atoms with Crippen LogP contribution in [0.25, 0.3) is 11.8 Å². The summed E-state index contributed by atoms with van der Waals surface area (Å²) in [7, 11) is 3.99. The number of anilines is 2. The van der Waals surface area contributed by atoms with Gasteiger partial charge in [0.1, 0.15) is 5.76 Å². The first kappa shape index (κ1) is 13.2. The summed E-state index contributed by atoms with van der Waals surface area (Å²) in [5, 5.41) is 0. The van der Waals surface area contributed by atoms with Gasteiger partial charge in [0.15, 0.2) is 0 Å². The van der Waals surface area contributed by atoms with Gasteiger partial charge in [-0.05, 0) is 42.0 Å². The Morgan fingerprint density at radius 1 is 1.05 bits per heavy atom. The minimum atomic E-state index is -0.353. The van der Waals surface area contributed by atoms with E-state index in [1.54, 1.807) is 12.1 Å². The molecule has 0 saturated heterocycles. The van der Waals surface area contributed by atoms with Gasteiger partial charge in [-0.3, -0.25) is 0 Å². The summed E-state index contributed by atoms with van der Waals surface area (Å²) in [5.41, 5.74) is 9.66. The smallest absolute Gasteiger partial charge is 0.344 e. The lowest BCUT2D eigenvalue weighted by Crippen LogP contribution is -2.07. The molecule has 2 aromatic rings. The first-order valence-corrected chi connectivity index (χ1v) is 6.66. The van der Waals surface area contributed by atoms with Gasteiger partial charge in [0.2, 0.25) is 0 Å². The van der Waals surface area contributed by atoms with Crippen LogP contribution in [0.3, 0.4) is 0 Å². The topological polar surface area (TPSA) is 55.6 Å². The van der Waals surface area contributed by atoms with E-state index in [1.165, 1.54) is 0 Å². The molecule has 106 valence electrons. The molecule has 4 nitrogen and oxygen atoms in total. The SMILES string of the molecule is CN(C)c1ccc(/C=C2/OC(=O)c3cc(N)ccc32)cc1. The number of ether oxygens (including phenoxy) is 1. The van der Waals surface area contributed by atoms with E-state index in [2.05, 4.69) is 0 Å². The molecule has 1 aliphatic heterocycles. The van der Waals surface area contributed by atoms with Crippen molar-refractivity contribution in [3.63, 3.8) is 0 Å². The predicted octanol–water partition coefficient (Wildman–Crippen LogP) is 3.00. The number of nitrogens with zero attached hydrogens (tertiary/aromatic N) is 1. The molecule has 0 saturated carbocycles. The lowest BCUT2D eigenvalue weighted by molar-refractivity contribution is 0.0717. The Hall–Kier alpha value is -2.75. The molecule has 2 N–H and O–H groups in total. The Morgan fingerprint density at radius 3 is 2.43 bits per heavy atom. The third-order valence-corrected chi connectivity index (χ3v) is 3.44. The van der Waals surface area contributed by atoms with E-state index in [0.29, 0.717) is 17.0 Å². The Morgan fingerprint density at radius 2 is 1.76 bits per heavy atom. The summed E-state index contributed by atoms with van der Waals surface area (Å²) in [4.78, 5) is 13.9. The van der Waals surface area contributed by atoms with Crippen molar-refractivity contribution in [3.05, 3.63) is 59.2 Å². The molecule has 0 aromatic heterocycles. The van der Waals surface area contributed by atoms with Crippen molar-refractivity contribution in [1.29, 1.82) is 0 Å². The fourth-order valence-electron chi connectivity index (χ4n) is 2.28. The van der Waals surface area contributed by atoms with Gasteiger partial charge in [-0.15, -0.1) is 0 Å². The van der Waals surface area contributed by atoms with Crippen LogP contribution in [0.1, 0.15) is 21.5 Å². The Labute approximate surface area is 123 Å². The second-order valence-corrected chi connectivity index (χ2v) is 5.19. The van der Waals surface area contributed by atoms with Crippen LogP contribution in [0, 0.1) is 0 Å². The van der Waals surface area contributed by atoms with Crippen molar-refractivity contribution >= 4 is 29.2 Å². The van der Waals surface area contributed by atoms with Crippen LogP contribution < -0.4 is 10.6 Å². The maximum Gasteiger partial charge on any atom is 0.344 e. The zero-order chi connectivity index (χ0) is 15.0. The van der Waals surface area contributed by atoms with E-state index in [1.807, 2.05) is 55.4 Å². The number of fused-ring (bicyclic) bond motifs is 1. The summed E-state index contributed by atoms with van der Waals surface area (Å²) in [5.74, 6) is 0.209. The van der Waals surface area contributed by atoms with Crippen LogP contribution >= 0.6 is 0 Å². The van der Waals surface area contributed by atoms with Gasteiger partial charge in [0.25, 0.3) is 0 Å². The highest BCUT2D eigenvalue weighted by molar-refractivity contribution is 6.06. The summed E-state index contributed by atoms with van der Waals surface area (Å²) in [6, 6.07) is 13.3.